The molecule has 0 amide bonds. The van der Waals surface area contributed by atoms with Crippen LogP contribution in [0.2, 0.25) is 0 Å². The monoisotopic (exact) mass is 116 g/mol. The molecule has 2 nitrogen and oxygen atoms in total. The molecule has 0 aromatic heterocycles. The van der Waals surface area contributed by atoms with Gasteiger partial charge in [-0.2, -0.15) is 0 Å². The predicted octanol–water partition coefficient (Wildman–Crippen LogP) is 0.546. The molecule has 1 aliphatic heterocycles. The minimum atomic E-state index is -0.194. The van der Waals surface area contributed by atoms with Gasteiger partial charge in [0, 0.05) is 0 Å². The molecule has 1 rings (SSSR count). The SMILES string of the molecule is CCCC(O)C1CO1. The van der Waals surface area contributed by atoms with Gasteiger partial charge in [-0.25, -0.2) is 0 Å². The van der Waals surface area contributed by atoms with E-state index < -0.39 is 0 Å². The molecule has 2 atom stereocenters. The highest BCUT2D eigenvalue weighted by Crippen LogP contribution is 2.16. The summed E-state index contributed by atoms with van der Waals surface area (Å²) in [4.78, 5) is 0. The fourth-order valence-corrected chi connectivity index (χ4v) is 0.759. The molecular weight excluding hydrogens is 104 g/mol. The molecule has 1 saturated heterocycles. The van der Waals surface area contributed by atoms with Crippen LogP contribution < -0.4 is 0 Å². The average Bonchev–Trinajstić information content (AvgIpc) is 2.45. The van der Waals surface area contributed by atoms with Gasteiger partial charge in [0.1, 0.15) is 6.10 Å². The topological polar surface area (TPSA) is 32.8 Å². The maximum Gasteiger partial charge on any atom is 0.107 e. The number of aliphatic hydroxyl groups excluding tert-OH is 1. The largest absolute Gasteiger partial charge is 0.390 e. The molecule has 48 valence electrons. The first-order valence-corrected chi connectivity index (χ1v) is 3.14. The summed E-state index contributed by atoms with van der Waals surface area (Å²) in [5.74, 6) is 0. The Hall–Kier alpha value is -0.0800. The van der Waals surface area contributed by atoms with E-state index in [9.17, 15) is 0 Å². The highest BCUT2D eigenvalue weighted by atomic mass is 16.6. The van der Waals surface area contributed by atoms with Crippen molar-refractivity contribution in [3.8, 4) is 0 Å². The van der Waals surface area contributed by atoms with E-state index in [0.717, 1.165) is 19.4 Å². The summed E-state index contributed by atoms with van der Waals surface area (Å²) in [5.41, 5.74) is 0. The van der Waals surface area contributed by atoms with E-state index in [1.165, 1.54) is 0 Å². The summed E-state index contributed by atoms with van der Waals surface area (Å²) in [6.45, 7) is 2.83. The Labute approximate surface area is 49.5 Å². The zero-order valence-electron chi connectivity index (χ0n) is 5.13. The van der Waals surface area contributed by atoms with Crippen LogP contribution in [-0.4, -0.2) is 23.9 Å². The van der Waals surface area contributed by atoms with Crippen LogP contribution in [0.25, 0.3) is 0 Å². The maximum absolute atomic E-state index is 9.06. The molecule has 0 spiro atoms. The van der Waals surface area contributed by atoms with Gasteiger partial charge >= 0.3 is 0 Å². The Morgan fingerprint density at radius 1 is 1.88 bits per heavy atom. The van der Waals surface area contributed by atoms with Crippen molar-refractivity contribution in [1.82, 2.24) is 0 Å². The molecule has 1 heterocycles. The number of aliphatic hydroxyl groups is 1. The molecule has 2 unspecified atom stereocenters. The van der Waals surface area contributed by atoms with Gasteiger partial charge in [0.05, 0.1) is 12.7 Å². The number of hydrogen-bond donors (Lipinski definition) is 1. The van der Waals surface area contributed by atoms with Gasteiger partial charge in [-0.15, -0.1) is 0 Å². The van der Waals surface area contributed by atoms with Crippen molar-refractivity contribution in [3.05, 3.63) is 0 Å². The van der Waals surface area contributed by atoms with Crippen LogP contribution in [0.4, 0.5) is 0 Å². The van der Waals surface area contributed by atoms with Crippen molar-refractivity contribution in [3.63, 3.8) is 0 Å². The lowest BCUT2D eigenvalue weighted by Gasteiger charge is -2.01. The summed E-state index contributed by atoms with van der Waals surface area (Å²) < 4.78 is 4.87. The number of epoxide rings is 1. The first-order valence-electron chi connectivity index (χ1n) is 3.14. The lowest BCUT2D eigenvalue weighted by Crippen LogP contribution is -2.13. The Bertz CT molecular complexity index is 68.9. The van der Waals surface area contributed by atoms with E-state index in [4.69, 9.17) is 9.84 Å². The Kier molecular flexibility index (Phi) is 1.86. The smallest absolute Gasteiger partial charge is 0.107 e. The van der Waals surface area contributed by atoms with Crippen LogP contribution in [0.5, 0.6) is 0 Å². The van der Waals surface area contributed by atoms with Gasteiger partial charge in [0.25, 0.3) is 0 Å². The van der Waals surface area contributed by atoms with Crippen LogP contribution in [0.3, 0.4) is 0 Å². The van der Waals surface area contributed by atoms with Crippen LogP contribution in [0, 0.1) is 0 Å². The molecule has 0 aliphatic carbocycles. The van der Waals surface area contributed by atoms with Crippen LogP contribution in [-0.2, 0) is 4.74 Å². The second kappa shape index (κ2) is 2.46. The van der Waals surface area contributed by atoms with Gasteiger partial charge in [-0.05, 0) is 6.42 Å². The quantitative estimate of drug-likeness (QED) is 0.546. The van der Waals surface area contributed by atoms with E-state index in [0.29, 0.717) is 0 Å². The maximum atomic E-state index is 9.06. The second-order valence-electron chi connectivity index (χ2n) is 2.23. The third-order valence-electron chi connectivity index (χ3n) is 1.37. The summed E-state index contributed by atoms with van der Waals surface area (Å²) in [6, 6.07) is 0. The highest BCUT2D eigenvalue weighted by Gasteiger charge is 2.29. The predicted molar refractivity (Wildman–Crippen MR) is 30.7 cm³/mol. The molecule has 1 N–H and O–H groups in total. The first-order chi connectivity index (χ1) is 3.84. The van der Waals surface area contributed by atoms with Crippen molar-refractivity contribution in [1.29, 1.82) is 0 Å². The van der Waals surface area contributed by atoms with Gasteiger partial charge in [0.2, 0.25) is 0 Å². The summed E-state index contributed by atoms with van der Waals surface area (Å²) in [6.07, 6.45) is 1.90. The molecule has 0 aromatic rings. The lowest BCUT2D eigenvalue weighted by molar-refractivity contribution is 0.126. The zero-order chi connectivity index (χ0) is 5.98. The number of ether oxygens (including phenoxy) is 1. The van der Waals surface area contributed by atoms with Crippen molar-refractivity contribution in [2.24, 2.45) is 0 Å². The normalized spacial score (nSPS) is 30.0. The van der Waals surface area contributed by atoms with E-state index >= 15 is 0 Å². The standard InChI is InChI=1S/C6H12O2/c1-2-3-5(7)6-4-8-6/h5-7H,2-4H2,1H3. The zero-order valence-corrected chi connectivity index (χ0v) is 5.13. The number of hydrogen-bond acceptors (Lipinski definition) is 2. The molecular formula is C6H12O2. The fourth-order valence-electron chi connectivity index (χ4n) is 0.759. The van der Waals surface area contributed by atoms with E-state index in [2.05, 4.69) is 6.92 Å². The summed E-state index contributed by atoms with van der Waals surface area (Å²) in [5, 5.41) is 9.06. The van der Waals surface area contributed by atoms with E-state index in [1.54, 1.807) is 0 Å². The van der Waals surface area contributed by atoms with Crippen LogP contribution in [0.15, 0.2) is 0 Å². The Balaban J connectivity index is 2.03. The van der Waals surface area contributed by atoms with Crippen LogP contribution in [0.1, 0.15) is 19.8 Å². The van der Waals surface area contributed by atoms with Crippen LogP contribution >= 0.6 is 0 Å². The molecule has 2 heteroatoms. The van der Waals surface area contributed by atoms with Gasteiger partial charge in [-0.3, -0.25) is 0 Å². The van der Waals surface area contributed by atoms with Gasteiger partial charge < -0.3 is 9.84 Å². The molecule has 0 bridgehead atoms. The fraction of sp³-hybridized carbons (Fsp3) is 1.00. The third kappa shape index (κ3) is 1.46. The lowest BCUT2D eigenvalue weighted by atomic mass is 10.2. The second-order valence-corrected chi connectivity index (χ2v) is 2.23. The van der Waals surface area contributed by atoms with Crippen molar-refractivity contribution >= 4 is 0 Å². The summed E-state index contributed by atoms with van der Waals surface area (Å²) in [7, 11) is 0. The van der Waals surface area contributed by atoms with E-state index in [-0.39, 0.29) is 12.2 Å². The van der Waals surface area contributed by atoms with Crippen molar-refractivity contribution in [2.45, 2.75) is 32.0 Å². The molecule has 8 heavy (non-hydrogen) atoms. The summed E-state index contributed by atoms with van der Waals surface area (Å²) >= 11 is 0. The minimum absolute atomic E-state index is 0.176. The van der Waals surface area contributed by atoms with Crippen molar-refractivity contribution in [2.75, 3.05) is 6.61 Å². The van der Waals surface area contributed by atoms with Crippen molar-refractivity contribution < 1.29 is 9.84 Å². The third-order valence-corrected chi connectivity index (χ3v) is 1.37. The van der Waals surface area contributed by atoms with E-state index in [1.807, 2.05) is 0 Å². The molecule has 0 radical (unpaired) electrons. The Morgan fingerprint density at radius 3 is 2.88 bits per heavy atom. The molecule has 0 aromatic carbocycles. The average molecular weight is 116 g/mol. The first kappa shape index (κ1) is 6.05. The Morgan fingerprint density at radius 2 is 2.50 bits per heavy atom. The number of rotatable bonds is 3. The molecule has 0 saturated carbocycles. The molecule has 1 aliphatic rings. The minimum Gasteiger partial charge on any atom is -0.390 e. The molecule has 1 fully saturated rings. The van der Waals surface area contributed by atoms with Gasteiger partial charge in [0.15, 0.2) is 0 Å². The van der Waals surface area contributed by atoms with Gasteiger partial charge in [-0.1, -0.05) is 13.3 Å². The highest BCUT2D eigenvalue weighted by molar-refractivity contribution is 4.77.